The Morgan fingerprint density at radius 3 is 2.48 bits per heavy atom. The third-order valence-corrected chi connectivity index (χ3v) is 4.88. The van der Waals surface area contributed by atoms with E-state index in [0.29, 0.717) is 13.1 Å². The second kappa shape index (κ2) is 12.1. The molecule has 29 heavy (non-hydrogen) atoms. The third-order valence-electron chi connectivity index (χ3n) is 4.88. The molecule has 3 rings (SSSR count). The summed E-state index contributed by atoms with van der Waals surface area (Å²) in [6, 6.07) is 10.7. The first-order valence-corrected chi connectivity index (χ1v) is 9.73. The lowest BCUT2D eigenvalue weighted by molar-refractivity contribution is 0.0124. The van der Waals surface area contributed by atoms with Crippen LogP contribution in [0.1, 0.15) is 23.1 Å². The van der Waals surface area contributed by atoms with Crippen LogP contribution >= 0.6 is 24.0 Å². The van der Waals surface area contributed by atoms with Crippen molar-refractivity contribution < 1.29 is 13.5 Å². The highest BCUT2D eigenvalue weighted by Crippen LogP contribution is 2.23. The topological polar surface area (TPSA) is 62.0 Å². The van der Waals surface area contributed by atoms with E-state index in [1.54, 1.807) is 19.2 Å². The van der Waals surface area contributed by atoms with Crippen LogP contribution in [0, 0.1) is 12.7 Å². The molecule has 1 aromatic heterocycles. The van der Waals surface area contributed by atoms with Crippen molar-refractivity contribution in [2.24, 2.45) is 4.99 Å². The molecule has 160 valence electrons. The third kappa shape index (κ3) is 7.27. The average molecular weight is 516 g/mol. The van der Waals surface area contributed by atoms with E-state index < -0.39 is 0 Å². The zero-order valence-corrected chi connectivity index (χ0v) is 19.3. The summed E-state index contributed by atoms with van der Waals surface area (Å²) in [5.74, 6) is 2.39. The molecule has 1 unspecified atom stereocenters. The molecule has 0 aliphatic carbocycles. The number of furan rings is 1. The van der Waals surface area contributed by atoms with Crippen molar-refractivity contribution in [3.8, 4) is 0 Å². The van der Waals surface area contributed by atoms with Crippen LogP contribution in [0.2, 0.25) is 0 Å². The Hall–Kier alpha value is -1.65. The summed E-state index contributed by atoms with van der Waals surface area (Å²) in [6.45, 7) is 6.59. The first-order valence-electron chi connectivity index (χ1n) is 9.73. The Balaban J connectivity index is 0.00000300. The Bertz CT molecular complexity index is 760. The van der Waals surface area contributed by atoms with Gasteiger partial charge in [-0.1, -0.05) is 12.1 Å². The lowest BCUT2D eigenvalue weighted by Gasteiger charge is -2.33. The number of guanidine groups is 1. The van der Waals surface area contributed by atoms with Crippen molar-refractivity contribution in [1.29, 1.82) is 0 Å². The van der Waals surface area contributed by atoms with Crippen LogP contribution in [0.4, 0.5) is 4.39 Å². The number of nitrogens with zero attached hydrogens (tertiary/aromatic N) is 2. The number of benzene rings is 1. The van der Waals surface area contributed by atoms with Gasteiger partial charge in [0.1, 0.15) is 17.3 Å². The fraction of sp³-hybridized carbons (Fsp3) is 0.476. The lowest BCUT2D eigenvalue weighted by atomic mass is 10.1. The number of hydrogen-bond acceptors (Lipinski definition) is 4. The second-order valence-electron chi connectivity index (χ2n) is 6.87. The van der Waals surface area contributed by atoms with Crippen molar-refractivity contribution in [2.75, 3.05) is 46.4 Å². The van der Waals surface area contributed by atoms with E-state index >= 15 is 0 Å². The monoisotopic (exact) mass is 516 g/mol. The summed E-state index contributed by atoms with van der Waals surface area (Å²) < 4.78 is 24.4. The molecule has 1 aliphatic rings. The first kappa shape index (κ1) is 23.6. The summed E-state index contributed by atoms with van der Waals surface area (Å²) in [7, 11) is 1.76. The van der Waals surface area contributed by atoms with E-state index in [9.17, 15) is 4.39 Å². The Kier molecular flexibility index (Phi) is 9.89. The zero-order valence-electron chi connectivity index (χ0n) is 17.0. The molecule has 0 bridgehead atoms. The van der Waals surface area contributed by atoms with Crippen LogP contribution in [0.5, 0.6) is 0 Å². The maximum atomic E-state index is 13.0. The molecule has 2 N–H and O–H groups in total. The molecule has 2 heterocycles. The minimum Gasteiger partial charge on any atom is -0.465 e. The van der Waals surface area contributed by atoms with Crippen LogP contribution in [-0.4, -0.2) is 57.3 Å². The maximum absolute atomic E-state index is 13.0. The largest absolute Gasteiger partial charge is 0.465 e. The molecule has 0 spiro atoms. The molecule has 0 radical (unpaired) electrons. The van der Waals surface area contributed by atoms with Gasteiger partial charge in [-0.2, -0.15) is 0 Å². The van der Waals surface area contributed by atoms with E-state index in [1.165, 1.54) is 12.1 Å². The van der Waals surface area contributed by atoms with Crippen molar-refractivity contribution in [1.82, 2.24) is 15.5 Å². The molecule has 1 fully saturated rings. The molecule has 0 amide bonds. The number of halogens is 2. The number of aryl methyl sites for hydroxylation is 1. The summed E-state index contributed by atoms with van der Waals surface area (Å²) in [4.78, 5) is 6.69. The number of morpholine rings is 1. The normalized spacial score (nSPS) is 16.2. The van der Waals surface area contributed by atoms with Gasteiger partial charge in [-0.25, -0.2) is 4.39 Å². The molecule has 1 saturated heterocycles. The average Bonchev–Trinajstić information content (AvgIpc) is 3.15. The Morgan fingerprint density at radius 2 is 1.86 bits per heavy atom. The highest BCUT2D eigenvalue weighted by molar-refractivity contribution is 14.0. The zero-order chi connectivity index (χ0) is 19.8. The summed E-state index contributed by atoms with van der Waals surface area (Å²) in [5, 5.41) is 6.73. The minimum absolute atomic E-state index is 0. The van der Waals surface area contributed by atoms with Crippen LogP contribution in [0.3, 0.4) is 0 Å². The smallest absolute Gasteiger partial charge is 0.191 e. The second-order valence-corrected chi connectivity index (χ2v) is 6.87. The summed E-state index contributed by atoms with van der Waals surface area (Å²) in [5.41, 5.74) is 1.08. The van der Waals surface area contributed by atoms with E-state index in [4.69, 9.17) is 9.15 Å². The molecular formula is C21H30FIN4O2. The van der Waals surface area contributed by atoms with Crippen molar-refractivity contribution >= 4 is 29.9 Å². The van der Waals surface area contributed by atoms with Gasteiger partial charge in [0.15, 0.2) is 5.96 Å². The number of rotatable bonds is 7. The highest BCUT2D eigenvalue weighted by atomic mass is 127. The summed E-state index contributed by atoms with van der Waals surface area (Å²) >= 11 is 0. The van der Waals surface area contributed by atoms with Gasteiger partial charge in [0.25, 0.3) is 0 Å². The molecule has 1 aromatic carbocycles. The quantitative estimate of drug-likeness (QED) is 0.337. The minimum atomic E-state index is -0.212. The van der Waals surface area contributed by atoms with Crippen molar-refractivity contribution in [3.63, 3.8) is 0 Å². The summed E-state index contributed by atoms with van der Waals surface area (Å²) in [6.07, 6.45) is 0.797. The standard InChI is InChI=1S/C21H29FN4O2.HI/c1-16-3-8-20(28-16)19(26-11-13-27-14-12-26)15-25-21(23-2)24-10-9-17-4-6-18(22)7-5-17;/h3-8,19H,9-15H2,1-2H3,(H2,23,24,25);1H. The molecule has 8 heteroatoms. The van der Waals surface area contributed by atoms with Crippen LogP contribution in [-0.2, 0) is 11.2 Å². The van der Waals surface area contributed by atoms with Gasteiger partial charge < -0.3 is 19.8 Å². The number of hydrogen-bond donors (Lipinski definition) is 2. The Morgan fingerprint density at radius 1 is 1.14 bits per heavy atom. The van der Waals surface area contributed by atoms with Gasteiger partial charge in [0.2, 0.25) is 0 Å². The predicted molar refractivity (Wildman–Crippen MR) is 123 cm³/mol. The lowest BCUT2D eigenvalue weighted by Crippen LogP contribution is -2.46. The predicted octanol–water partition coefficient (Wildman–Crippen LogP) is 3.13. The fourth-order valence-corrected chi connectivity index (χ4v) is 3.32. The van der Waals surface area contributed by atoms with E-state index in [1.807, 2.05) is 19.1 Å². The maximum Gasteiger partial charge on any atom is 0.191 e. The van der Waals surface area contributed by atoms with Crippen molar-refractivity contribution in [3.05, 3.63) is 59.3 Å². The van der Waals surface area contributed by atoms with E-state index in [-0.39, 0.29) is 35.8 Å². The van der Waals surface area contributed by atoms with Gasteiger partial charge in [-0.3, -0.25) is 9.89 Å². The molecule has 0 saturated carbocycles. The van der Waals surface area contributed by atoms with Gasteiger partial charge in [0.05, 0.1) is 19.3 Å². The SMILES string of the molecule is CN=C(NCCc1ccc(F)cc1)NCC(c1ccc(C)o1)N1CCOCC1.I. The highest BCUT2D eigenvalue weighted by Gasteiger charge is 2.25. The van der Waals surface area contributed by atoms with Crippen LogP contribution < -0.4 is 10.6 Å². The van der Waals surface area contributed by atoms with Crippen LogP contribution in [0.25, 0.3) is 0 Å². The van der Waals surface area contributed by atoms with Gasteiger partial charge in [-0.15, -0.1) is 24.0 Å². The molecular weight excluding hydrogens is 486 g/mol. The molecule has 6 nitrogen and oxygen atoms in total. The fourth-order valence-electron chi connectivity index (χ4n) is 3.32. The molecule has 1 atom stereocenters. The number of aliphatic imine (C=N–C) groups is 1. The van der Waals surface area contributed by atoms with Gasteiger partial charge in [-0.05, 0) is 43.2 Å². The van der Waals surface area contributed by atoms with Crippen molar-refractivity contribution in [2.45, 2.75) is 19.4 Å². The number of ether oxygens (including phenoxy) is 1. The van der Waals surface area contributed by atoms with E-state index in [2.05, 4.69) is 20.5 Å². The first-order chi connectivity index (χ1) is 13.7. The Labute approximate surface area is 188 Å². The van der Waals surface area contributed by atoms with Gasteiger partial charge >= 0.3 is 0 Å². The molecule has 1 aliphatic heterocycles. The van der Waals surface area contributed by atoms with E-state index in [0.717, 1.165) is 55.8 Å². The van der Waals surface area contributed by atoms with Crippen LogP contribution in [0.15, 0.2) is 45.8 Å². The number of nitrogens with one attached hydrogen (secondary N) is 2. The van der Waals surface area contributed by atoms with Gasteiger partial charge in [0, 0.05) is 33.2 Å². The molecule has 2 aromatic rings.